The Hall–Kier alpha value is -1.24. The Morgan fingerprint density at radius 1 is 1.21 bits per heavy atom. The van der Waals surface area contributed by atoms with Gasteiger partial charge in [0.15, 0.2) is 0 Å². The van der Waals surface area contributed by atoms with Crippen LogP contribution in [0.2, 0.25) is 0 Å². The van der Waals surface area contributed by atoms with Crippen molar-refractivity contribution in [1.29, 1.82) is 0 Å². The van der Waals surface area contributed by atoms with Crippen LogP contribution >= 0.6 is 11.8 Å². The number of carbonyl (C=O) groups is 1. The van der Waals surface area contributed by atoms with Crippen LogP contribution in [0.3, 0.4) is 0 Å². The summed E-state index contributed by atoms with van der Waals surface area (Å²) in [5.41, 5.74) is 1.27. The third-order valence-electron chi connectivity index (χ3n) is 6.23. The van der Waals surface area contributed by atoms with Crippen molar-refractivity contribution in [2.24, 2.45) is 0 Å². The monoisotopic (exact) mass is 420 g/mol. The normalized spacial score (nSPS) is 19.7. The van der Waals surface area contributed by atoms with Gasteiger partial charge < -0.3 is 19.3 Å². The van der Waals surface area contributed by atoms with E-state index in [-0.39, 0.29) is 11.3 Å². The van der Waals surface area contributed by atoms with E-state index in [1.54, 1.807) is 6.92 Å². The molecule has 0 unspecified atom stereocenters. The maximum atomic E-state index is 12.0. The molecular weight excluding hydrogens is 384 g/mol. The van der Waals surface area contributed by atoms with E-state index < -0.39 is 0 Å². The van der Waals surface area contributed by atoms with Gasteiger partial charge in [-0.05, 0) is 43.9 Å². The van der Waals surface area contributed by atoms with E-state index in [9.17, 15) is 4.79 Å². The molecule has 0 aliphatic carbocycles. The number of rotatable bonds is 9. The predicted molar refractivity (Wildman–Crippen MR) is 120 cm³/mol. The second-order valence-corrected chi connectivity index (χ2v) is 9.33. The molecule has 0 atom stereocenters. The zero-order valence-corrected chi connectivity index (χ0v) is 18.8. The van der Waals surface area contributed by atoms with Crippen LogP contribution in [-0.4, -0.2) is 79.8 Å². The molecule has 2 saturated heterocycles. The summed E-state index contributed by atoms with van der Waals surface area (Å²) in [5.74, 6) is 3.59. The third-order valence-corrected chi connectivity index (χ3v) is 7.17. The molecule has 2 aliphatic heterocycles. The number of carbonyl (C=O) groups excluding carboxylic acids is 1. The van der Waals surface area contributed by atoms with Crippen molar-refractivity contribution >= 4 is 17.7 Å². The molecule has 3 rings (SSSR count). The highest BCUT2D eigenvalue weighted by atomic mass is 32.2. The molecular formula is C23H36N2O3S. The van der Waals surface area contributed by atoms with E-state index in [0.717, 1.165) is 64.5 Å². The second kappa shape index (κ2) is 11.2. The van der Waals surface area contributed by atoms with Crippen LogP contribution in [0.15, 0.2) is 24.3 Å². The summed E-state index contributed by atoms with van der Waals surface area (Å²) in [6.07, 6.45) is 2.97. The minimum atomic E-state index is -0.0231. The number of nitrogens with zero attached hydrogens (tertiary/aromatic N) is 2. The summed E-state index contributed by atoms with van der Waals surface area (Å²) in [6.45, 7) is 11.0. The largest absolute Gasteiger partial charge is 0.494 e. The number of thioether (sulfide) groups is 1. The molecule has 2 fully saturated rings. The summed E-state index contributed by atoms with van der Waals surface area (Å²) in [5, 5.41) is 0. The average Bonchev–Trinajstić information content (AvgIpc) is 2.77. The van der Waals surface area contributed by atoms with E-state index in [1.807, 2.05) is 11.8 Å². The zero-order chi connectivity index (χ0) is 20.5. The Balaban J connectivity index is 1.56. The number of benzene rings is 1. The minimum Gasteiger partial charge on any atom is -0.494 e. The highest BCUT2D eigenvalue weighted by Crippen LogP contribution is 2.36. The number of hydrogen-bond acceptors (Lipinski definition) is 5. The first-order chi connectivity index (χ1) is 14.1. The third kappa shape index (κ3) is 6.37. The first kappa shape index (κ1) is 22.4. The lowest BCUT2D eigenvalue weighted by Gasteiger charge is -2.41. The molecule has 29 heavy (non-hydrogen) atoms. The molecule has 6 heteroatoms. The van der Waals surface area contributed by atoms with Crippen molar-refractivity contribution in [3.8, 4) is 5.75 Å². The fraction of sp³-hybridized carbons (Fsp3) is 0.696. The van der Waals surface area contributed by atoms with Gasteiger partial charge in [0.05, 0.1) is 6.61 Å². The molecule has 5 nitrogen and oxygen atoms in total. The summed E-state index contributed by atoms with van der Waals surface area (Å²) < 4.78 is 11.6. The smallest absolute Gasteiger partial charge is 0.219 e. The number of amides is 1. The molecule has 0 saturated carbocycles. The van der Waals surface area contributed by atoms with Crippen LogP contribution in [0.25, 0.3) is 0 Å². The minimum absolute atomic E-state index is 0.0231. The molecule has 0 radical (unpaired) electrons. The van der Waals surface area contributed by atoms with Crippen molar-refractivity contribution in [3.63, 3.8) is 0 Å². The van der Waals surface area contributed by atoms with E-state index in [2.05, 4.69) is 40.9 Å². The molecule has 0 bridgehead atoms. The highest BCUT2D eigenvalue weighted by Gasteiger charge is 2.36. The Morgan fingerprint density at radius 3 is 2.52 bits per heavy atom. The topological polar surface area (TPSA) is 42.0 Å². The van der Waals surface area contributed by atoms with Crippen molar-refractivity contribution in [1.82, 2.24) is 9.80 Å². The average molecular weight is 421 g/mol. The van der Waals surface area contributed by atoms with Crippen LogP contribution in [0.1, 0.15) is 38.7 Å². The van der Waals surface area contributed by atoms with Crippen molar-refractivity contribution in [3.05, 3.63) is 29.8 Å². The van der Waals surface area contributed by atoms with E-state index in [4.69, 9.17) is 9.47 Å². The molecule has 162 valence electrons. The van der Waals surface area contributed by atoms with Crippen molar-refractivity contribution < 1.29 is 14.3 Å². The van der Waals surface area contributed by atoms with E-state index in [1.165, 1.54) is 30.2 Å². The van der Waals surface area contributed by atoms with Gasteiger partial charge in [-0.25, -0.2) is 0 Å². The van der Waals surface area contributed by atoms with Crippen molar-refractivity contribution in [2.75, 3.05) is 64.1 Å². The SMILES string of the molecule is CCN(CC1(c2ccc(OCCCN3CCSCC3)cc2)CCOCC1)C(C)=O. The summed E-state index contributed by atoms with van der Waals surface area (Å²) in [4.78, 5) is 16.5. The number of likely N-dealkylation sites (N-methyl/N-ethyl adjacent to an activating group) is 1. The van der Waals surface area contributed by atoms with Crippen molar-refractivity contribution in [2.45, 2.75) is 38.5 Å². The molecule has 2 heterocycles. The van der Waals surface area contributed by atoms with Gasteiger partial charge in [-0.3, -0.25) is 4.79 Å². The van der Waals surface area contributed by atoms with E-state index >= 15 is 0 Å². The quantitative estimate of drug-likeness (QED) is 0.573. The molecule has 0 spiro atoms. The Morgan fingerprint density at radius 2 is 1.90 bits per heavy atom. The number of ether oxygens (including phenoxy) is 2. The van der Waals surface area contributed by atoms with E-state index in [0.29, 0.717) is 0 Å². The van der Waals surface area contributed by atoms with Crippen LogP contribution in [0, 0.1) is 0 Å². The van der Waals surface area contributed by atoms with Crippen LogP contribution in [-0.2, 0) is 14.9 Å². The fourth-order valence-electron chi connectivity index (χ4n) is 4.32. The molecule has 1 aromatic carbocycles. The fourth-order valence-corrected chi connectivity index (χ4v) is 5.30. The molecule has 0 N–H and O–H groups in total. The lowest BCUT2D eigenvalue weighted by atomic mass is 9.73. The maximum Gasteiger partial charge on any atom is 0.219 e. The maximum absolute atomic E-state index is 12.0. The molecule has 0 aromatic heterocycles. The van der Waals surface area contributed by atoms with Gasteiger partial charge in [0.2, 0.25) is 5.91 Å². The number of hydrogen-bond donors (Lipinski definition) is 0. The van der Waals surface area contributed by atoms with Gasteiger partial charge in [0, 0.05) is 69.8 Å². The first-order valence-corrected chi connectivity index (χ1v) is 12.2. The highest BCUT2D eigenvalue weighted by molar-refractivity contribution is 7.99. The predicted octanol–water partition coefficient (Wildman–Crippen LogP) is 3.42. The summed E-state index contributed by atoms with van der Waals surface area (Å²) in [6, 6.07) is 8.56. The summed E-state index contributed by atoms with van der Waals surface area (Å²) >= 11 is 2.05. The second-order valence-electron chi connectivity index (χ2n) is 8.11. The van der Waals surface area contributed by atoms with Gasteiger partial charge in [-0.1, -0.05) is 12.1 Å². The standard InChI is InChI=1S/C23H36N2O3S/c1-3-25(20(2)26)19-23(9-15-27-16-10-23)21-5-7-22(8-6-21)28-14-4-11-24-12-17-29-18-13-24/h5-8H,3-4,9-19H2,1-2H3. The van der Waals surface area contributed by atoms with Crippen LogP contribution in [0.4, 0.5) is 0 Å². The van der Waals surface area contributed by atoms with Gasteiger partial charge in [-0.15, -0.1) is 0 Å². The zero-order valence-electron chi connectivity index (χ0n) is 18.0. The van der Waals surface area contributed by atoms with Crippen LogP contribution < -0.4 is 4.74 Å². The van der Waals surface area contributed by atoms with Gasteiger partial charge in [-0.2, -0.15) is 11.8 Å². The Labute approximate surface area is 180 Å². The van der Waals surface area contributed by atoms with Gasteiger partial charge in [0.1, 0.15) is 5.75 Å². The molecule has 2 aliphatic rings. The lowest BCUT2D eigenvalue weighted by Crippen LogP contribution is -2.46. The van der Waals surface area contributed by atoms with Gasteiger partial charge in [0.25, 0.3) is 0 Å². The summed E-state index contributed by atoms with van der Waals surface area (Å²) in [7, 11) is 0. The Bertz CT molecular complexity index is 626. The van der Waals surface area contributed by atoms with Gasteiger partial charge >= 0.3 is 0 Å². The molecule has 1 aromatic rings. The first-order valence-electron chi connectivity index (χ1n) is 11.0. The Kier molecular flexibility index (Phi) is 8.69. The molecule has 1 amide bonds. The lowest BCUT2D eigenvalue weighted by molar-refractivity contribution is -0.130. The van der Waals surface area contributed by atoms with Crippen LogP contribution in [0.5, 0.6) is 5.75 Å².